The van der Waals surface area contributed by atoms with Gasteiger partial charge in [-0.15, -0.1) is 0 Å². The molecule has 0 radical (unpaired) electrons. The van der Waals surface area contributed by atoms with Gasteiger partial charge in [0.25, 0.3) is 11.6 Å². The molecule has 1 fully saturated rings. The molecule has 2 aliphatic rings. The number of anilines is 2. The molecule has 2 aliphatic heterocycles. The van der Waals surface area contributed by atoms with E-state index in [9.17, 15) is 24.5 Å². The largest absolute Gasteiger partial charge is 0.367 e. The molecule has 1 saturated heterocycles. The quantitative estimate of drug-likeness (QED) is 0.383. The minimum Gasteiger partial charge on any atom is -0.367 e. The number of fused-ring (bicyclic) bond motifs is 1. The molecule has 2 aromatic carbocycles. The second-order valence-electron chi connectivity index (χ2n) is 8.67. The van der Waals surface area contributed by atoms with Crippen LogP contribution in [-0.4, -0.2) is 35.4 Å². The molecule has 4 rings (SSSR count). The maximum absolute atomic E-state index is 14.1. The lowest BCUT2D eigenvalue weighted by atomic mass is 9.67. The number of non-ortho nitro benzene ring substituents is 1. The van der Waals surface area contributed by atoms with E-state index in [-0.39, 0.29) is 17.8 Å². The molecule has 1 spiro atoms. The predicted molar refractivity (Wildman–Crippen MR) is 128 cm³/mol. The van der Waals surface area contributed by atoms with Crippen molar-refractivity contribution in [3.63, 3.8) is 0 Å². The smallest absolute Gasteiger partial charge is 0.335 e. The van der Waals surface area contributed by atoms with Gasteiger partial charge in [0.05, 0.1) is 16.7 Å². The average Bonchev–Trinajstić information content (AvgIpc) is 2.79. The summed E-state index contributed by atoms with van der Waals surface area (Å²) in [4.78, 5) is 54.3. The first kappa shape index (κ1) is 23.7. The van der Waals surface area contributed by atoms with Crippen molar-refractivity contribution in [1.82, 2.24) is 5.32 Å². The van der Waals surface area contributed by atoms with Crippen molar-refractivity contribution in [2.24, 2.45) is 5.41 Å². The number of nitrogens with one attached hydrogen (secondary N) is 1. The lowest BCUT2D eigenvalue weighted by molar-refractivity contribution is -0.384. The number of urea groups is 1. The number of carbonyl (C=O) groups excluding carboxylic acids is 3. The van der Waals surface area contributed by atoms with Gasteiger partial charge in [-0.2, -0.15) is 0 Å². The Kier molecular flexibility index (Phi) is 6.07. The van der Waals surface area contributed by atoms with Gasteiger partial charge in [-0.1, -0.05) is 31.5 Å². The van der Waals surface area contributed by atoms with E-state index < -0.39 is 34.2 Å². The standard InChI is InChI=1S/C24H25ClN4O5/c1-4-10-27-19-9-8-17(29(33)34)11-15(19)13-24(20(27)5-2)21(30)26-23(32)28(22(24)31)16-7-6-14(3)18(25)12-16/h6-9,11-12,20H,4-5,10,13H2,1-3H3,(H,26,30,32)/t20-,24-/m1/s1. The van der Waals surface area contributed by atoms with E-state index in [1.54, 1.807) is 25.1 Å². The summed E-state index contributed by atoms with van der Waals surface area (Å²) in [6.07, 6.45) is 1.12. The van der Waals surface area contributed by atoms with E-state index in [4.69, 9.17) is 11.6 Å². The van der Waals surface area contributed by atoms with E-state index in [1.165, 1.54) is 18.2 Å². The van der Waals surface area contributed by atoms with Gasteiger partial charge in [0, 0.05) is 35.8 Å². The number of hydrogen-bond donors (Lipinski definition) is 1. The molecule has 2 heterocycles. The molecule has 10 heteroatoms. The zero-order valence-electron chi connectivity index (χ0n) is 19.1. The summed E-state index contributed by atoms with van der Waals surface area (Å²) in [5, 5.41) is 14.2. The summed E-state index contributed by atoms with van der Waals surface area (Å²) in [6.45, 7) is 6.20. The summed E-state index contributed by atoms with van der Waals surface area (Å²) in [6, 6.07) is 7.94. The lowest BCUT2D eigenvalue weighted by Crippen LogP contribution is -2.72. The molecule has 2 atom stereocenters. The van der Waals surface area contributed by atoms with Crippen LogP contribution in [0.3, 0.4) is 0 Å². The highest BCUT2D eigenvalue weighted by atomic mass is 35.5. The Balaban J connectivity index is 1.91. The number of halogens is 1. The average molecular weight is 485 g/mol. The van der Waals surface area contributed by atoms with Gasteiger partial charge >= 0.3 is 6.03 Å². The van der Waals surface area contributed by atoms with Crippen molar-refractivity contribution in [1.29, 1.82) is 0 Å². The fourth-order valence-corrected chi connectivity index (χ4v) is 5.28. The van der Waals surface area contributed by atoms with Crippen LogP contribution in [-0.2, 0) is 16.0 Å². The van der Waals surface area contributed by atoms with Gasteiger partial charge in [0.1, 0.15) is 0 Å². The fraction of sp³-hybridized carbons (Fsp3) is 0.375. The lowest BCUT2D eigenvalue weighted by Gasteiger charge is -2.51. The first-order valence-corrected chi connectivity index (χ1v) is 11.5. The third kappa shape index (κ3) is 3.51. The summed E-state index contributed by atoms with van der Waals surface area (Å²) in [7, 11) is 0. The third-order valence-electron chi connectivity index (χ3n) is 6.68. The monoisotopic (exact) mass is 484 g/mol. The first-order valence-electron chi connectivity index (χ1n) is 11.2. The van der Waals surface area contributed by atoms with Gasteiger partial charge in [0.15, 0.2) is 5.41 Å². The minimum atomic E-state index is -1.64. The summed E-state index contributed by atoms with van der Waals surface area (Å²) in [5.74, 6) is -1.35. The maximum atomic E-state index is 14.1. The van der Waals surface area contributed by atoms with Crippen LogP contribution in [0.5, 0.6) is 0 Å². The molecule has 0 bridgehead atoms. The van der Waals surface area contributed by atoms with Gasteiger partial charge in [0.2, 0.25) is 5.91 Å². The first-order chi connectivity index (χ1) is 16.1. The van der Waals surface area contributed by atoms with Crippen molar-refractivity contribution in [3.8, 4) is 0 Å². The van der Waals surface area contributed by atoms with Crippen LogP contribution in [0, 0.1) is 22.5 Å². The van der Waals surface area contributed by atoms with E-state index in [2.05, 4.69) is 5.32 Å². The highest BCUT2D eigenvalue weighted by molar-refractivity contribution is 6.33. The molecule has 0 aliphatic carbocycles. The van der Waals surface area contributed by atoms with Crippen LogP contribution in [0.15, 0.2) is 36.4 Å². The second kappa shape index (κ2) is 8.72. The number of nitrogens with zero attached hydrogens (tertiary/aromatic N) is 3. The SMILES string of the molecule is CCCN1c2ccc([N+](=O)[O-])cc2C[C@]2(C(=O)NC(=O)N(c3ccc(C)c(Cl)c3)C2=O)[C@H]1CC. The third-order valence-corrected chi connectivity index (χ3v) is 7.08. The minimum absolute atomic E-state index is 0.0588. The Morgan fingerprint density at radius 2 is 1.91 bits per heavy atom. The van der Waals surface area contributed by atoms with Crippen LogP contribution in [0.4, 0.5) is 21.9 Å². The molecule has 1 N–H and O–H groups in total. The van der Waals surface area contributed by atoms with Crippen molar-refractivity contribution in [2.45, 2.75) is 46.1 Å². The zero-order valence-corrected chi connectivity index (χ0v) is 19.9. The molecule has 4 amide bonds. The Bertz CT molecular complexity index is 1220. The Morgan fingerprint density at radius 3 is 2.53 bits per heavy atom. The van der Waals surface area contributed by atoms with Crippen LogP contribution < -0.4 is 15.1 Å². The molecule has 178 valence electrons. The molecule has 0 unspecified atom stereocenters. The predicted octanol–water partition coefficient (Wildman–Crippen LogP) is 4.38. The highest BCUT2D eigenvalue weighted by Gasteiger charge is 2.61. The molecular formula is C24H25ClN4O5. The number of carbonyl (C=O) groups is 3. The van der Waals surface area contributed by atoms with Gasteiger partial charge in [-0.25, -0.2) is 9.69 Å². The highest BCUT2D eigenvalue weighted by Crippen LogP contribution is 2.47. The number of barbiturate groups is 1. The molecule has 2 aromatic rings. The van der Waals surface area contributed by atoms with Gasteiger partial charge in [-0.3, -0.25) is 25.0 Å². The summed E-state index contributed by atoms with van der Waals surface area (Å²) >= 11 is 6.26. The maximum Gasteiger partial charge on any atom is 0.335 e. The Labute approximate surface area is 201 Å². The summed E-state index contributed by atoms with van der Waals surface area (Å²) < 4.78 is 0. The number of nitro benzene ring substituents is 1. The second-order valence-corrected chi connectivity index (χ2v) is 9.08. The van der Waals surface area contributed by atoms with E-state index in [1.807, 2.05) is 18.7 Å². The molecule has 34 heavy (non-hydrogen) atoms. The van der Waals surface area contributed by atoms with Crippen LogP contribution in [0.2, 0.25) is 5.02 Å². The molecule has 0 saturated carbocycles. The number of aryl methyl sites for hydroxylation is 1. The van der Waals surface area contributed by atoms with E-state index in [0.29, 0.717) is 23.6 Å². The summed E-state index contributed by atoms with van der Waals surface area (Å²) in [5.41, 5.74) is 0.547. The van der Waals surface area contributed by atoms with Gasteiger partial charge < -0.3 is 4.90 Å². The number of imide groups is 2. The molecule has 9 nitrogen and oxygen atoms in total. The molecular weight excluding hydrogens is 460 g/mol. The fourth-order valence-electron chi connectivity index (χ4n) is 5.10. The van der Waals surface area contributed by atoms with E-state index >= 15 is 0 Å². The van der Waals surface area contributed by atoms with Gasteiger partial charge in [-0.05, 0) is 49.1 Å². The normalized spacial score (nSPS) is 22.1. The number of hydrogen-bond acceptors (Lipinski definition) is 6. The number of rotatable bonds is 5. The van der Waals surface area contributed by atoms with Crippen LogP contribution in [0.1, 0.15) is 37.8 Å². The van der Waals surface area contributed by atoms with Crippen LogP contribution in [0.25, 0.3) is 0 Å². The van der Waals surface area contributed by atoms with Crippen molar-refractivity contribution in [3.05, 3.63) is 62.7 Å². The topological polar surface area (TPSA) is 113 Å². The Hall–Kier alpha value is -3.46. The number of amides is 4. The zero-order chi connectivity index (χ0) is 24.8. The number of nitro groups is 1. The number of benzene rings is 2. The molecule has 0 aromatic heterocycles. The Morgan fingerprint density at radius 1 is 1.18 bits per heavy atom. The van der Waals surface area contributed by atoms with E-state index in [0.717, 1.165) is 22.6 Å². The van der Waals surface area contributed by atoms with Crippen molar-refractivity contribution in [2.75, 3.05) is 16.3 Å². The van der Waals surface area contributed by atoms with Crippen molar-refractivity contribution >= 4 is 46.5 Å². The van der Waals surface area contributed by atoms with Crippen LogP contribution >= 0.6 is 11.6 Å². The van der Waals surface area contributed by atoms with Crippen molar-refractivity contribution < 1.29 is 19.3 Å².